The van der Waals surface area contributed by atoms with E-state index in [-0.39, 0.29) is 0 Å². The molecule has 12 nitrogen and oxygen atoms in total. The van der Waals surface area contributed by atoms with E-state index in [2.05, 4.69) is 97.3 Å². The Kier molecular flexibility index (Phi) is 35.1. The molecule has 0 bridgehead atoms. The van der Waals surface area contributed by atoms with Crippen LogP contribution in [0.4, 0.5) is 0 Å². The maximum absolute atomic E-state index is 4.34. The maximum atomic E-state index is 4.34. The summed E-state index contributed by atoms with van der Waals surface area (Å²) in [6.07, 6.45) is 17.4. The summed E-state index contributed by atoms with van der Waals surface area (Å²) in [4.78, 5) is 41.5. The van der Waals surface area contributed by atoms with E-state index in [1.807, 2.05) is 221 Å². The summed E-state index contributed by atoms with van der Waals surface area (Å²) in [5.74, 6) is 0. The lowest BCUT2D eigenvalue weighted by atomic mass is 10.2. The summed E-state index contributed by atoms with van der Waals surface area (Å²) in [5, 5.41) is 12.3. The van der Waals surface area contributed by atoms with E-state index in [4.69, 9.17) is 0 Å². The number of nitrogens with zero attached hydrogens (tertiary/aromatic N) is 12. The van der Waals surface area contributed by atoms with Crippen LogP contribution in [0.25, 0.3) is 65.7 Å². The van der Waals surface area contributed by atoms with Crippen molar-refractivity contribution in [3.63, 3.8) is 0 Å². The van der Waals surface area contributed by atoms with Crippen LogP contribution in [0.1, 0.15) is 117 Å². The minimum atomic E-state index is 0.957. The molecule has 9 heterocycles. The van der Waals surface area contributed by atoms with Crippen LogP contribution < -0.4 is 0 Å². The molecule has 0 radical (unpaired) electrons. The number of aryl methyl sites for hydroxylation is 6. The van der Waals surface area contributed by atoms with Gasteiger partial charge in [0.15, 0.2) is 0 Å². The van der Waals surface area contributed by atoms with Crippen LogP contribution in [-0.2, 0) is 0 Å². The van der Waals surface area contributed by atoms with Gasteiger partial charge >= 0.3 is 0 Å². The Hall–Kier alpha value is -8.64. The Balaban J connectivity index is 0.000000450. The van der Waals surface area contributed by atoms with Crippen molar-refractivity contribution < 1.29 is 0 Å². The summed E-state index contributed by atoms with van der Waals surface area (Å²) in [6, 6.07) is 40.1. The second-order valence-corrected chi connectivity index (χ2v) is 15.3. The van der Waals surface area contributed by atoms with Gasteiger partial charge in [-0.25, -0.2) is 9.97 Å². The van der Waals surface area contributed by atoms with E-state index in [9.17, 15) is 0 Å². The molecule has 0 saturated carbocycles. The topological polar surface area (TPSA) is 155 Å². The van der Waals surface area contributed by atoms with E-state index in [0.717, 1.165) is 82.8 Å². The minimum absolute atomic E-state index is 0.957. The fourth-order valence-electron chi connectivity index (χ4n) is 6.44. The van der Waals surface area contributed by atoms with Gasteiger partial charge in [-0.3, -0.25) is 39.9 Å². The van der Waals surface area contributed by atoms with Crippen molar-refractivity contribution in [2.45, 2.75) is 125 Å². The first-order valence-electron chi connectivity index (χ1n) is 27.2. The predicted molar refractivity (Wildman–Crippen MR) is 334 cm³/mol. The van der Waals surface area contributed by atoms with Gasteiger partial charge in [-0.1, -0.05) is 119 Å². The van der Waals surface area contributed by atoms with Gasteiger partial charge in [-0.15, -0.1) is 0 Å². The third-order valence-corrected chi connectivity index (χ3v) is 9.82. The monoisotopic (exact) mass is 1040 g/mol. The zero-order valence-corrected chi connectivity index (χ0v) is 49.7. The summed E-state index contributed by atoms with van der Waals surface area (Å²) in [6.45, 7) is 36.1. The fraction of sp³-hybridized carbons (Fsp3) is 0.273. The maximum Gasteiger partial charge on any atom is 0.116 e. The first-order valence-corrected chi connectivity index (χ1v) is 27.2. The van der Waals surface area contributed by atoms with Crippen molar-refractivity contribution in [2.24, 2.45) is 0 Å². The number of fused-ring (bicyclic) bond motifs is 6. The quantitative estimate of drug-likeness (QED) is 0.142. The summed E-state index contributed by atoms with van der Waals surface area (Å²) >= 11 is 0. The van der Waals surface area contributed by atoms with Crippen LogP contribution in [0.5, 0.6) is 0 Å². The van der Waals surface area contributed by atoms with Gasteiger partial charge < -0.3 is 0 Å². The number of hydrogen-bond acceptors (Lipinski definition) is 12. The van der Waals surface area contributed by atoms with Crippen LogP contribution in [0.2, 0.25) is 0 Å². The lowest BCUT2D eigenvalue weighted by molar-refractivity contribution is 1.07. The number of hydrogen-bond donors (Lipinski definition) is 0. The Labute approximate surface area is 465 Å². The molecule has 12 heteroatoms. The van der Waals surface area contributed by atoms with Gasteiger partial charge in [0.1, 0.15) is 6.33 Å². The fourth-order valence-corrected chi connectivity index (χ4v) is 6.44. The summed E-state index contributed by atoms with van der Waals surface area (Å²) in [5.41, 5.74) is 14.6. The third kappa shape index (κ3) is 23.9. The molecule has 0 aliphatic rings. The van der Waals surface area contributed by atoms with Crippen molar-refractivity contribution in [3.8, 4) is 0 Å². The highest BCUT2D eigenvalue weighted by Gasteiger charge is 1.97. The van der Waals surface area contributed by atoms with Crippen molar-refractivity contribution in [1.29, 1.82) is 0 Å². The van der Waals surface area contributed by atoms with Crippen molar-refractivity contribution in [1.82, 2.24) is 60.0 Å². The average Bonchev–Trinajstić information content (AvgIpc) is 3.51. The van der Waals surface area contributed by atoms with Crippen molar-refractivity contribution >= 4 is 65.7 Å². The van der Waals surface area contributed by atoms with Crippen LogP contribution in [-0.4, -0.2) is 60.0 Å². The molecule has 0 aliphatic heterocycles. The first-order chi connectivity index (χ1) is 38.2. The Morgan fingerprint density at radius 1 is 0.269 bits per heavy atom. The molecule has 0 amide bonds. The molecule has 0 aliphatic carbocycles. The van der Waals surface area contributed by atoms with Gasteiger partial charge in [0, 0.05) is 82.0 Å². The van der Waals surface area contributed by atoms with Crippen LogP contribution >= 0.6 is 0 Å². The molecule has 0 fully saturated rings. The normalized spacial score (nSPS) is 9.15. The molecule has 0 spiro atoms. The highest BCUT2D eigenvalue weighted by molar-refractivity contribution is 5.80. The average molecular weight is 1050 g/mol. The van der Waals surface area contributed by atoms with Crippen molar-refractivity contribution in [3.05, 3.63) is 217 Å². The molecule has 0 atom stereocenters. The van der Waals surface area contributed by atoms with Gasteiger partial charge in [0.2, 0.25) is 0 Å². The lowest BCUT2D eigenvalue weighted by Gasteiger charge is -1.95. The Morgan fingerprint density at radius 3 is 1.38 bits per heavy atom. The van der Waals surface area contributed by atoms with Crippen molar-refractivity contribution in [2.75, 3.05) is 0 Å². The van der Waals surface area contributed by atoms with E-state index >= 15 is 0 Å². The van der Waals surface area contributed by atoms with E-state index in [1.54, 1.807) is 49.7 Å². The Bertz CT molecular complexity index is 2890. The predicted octanol–water partition coefficient (Wildman–Crippen LogP) is 17.8. The molecule has 9 aromatic heterocycles. The lowest BCUT2D eigenvalue weighted by Crippen LogP contribution is -1.83. The molecule has 78 heavy (non-hydrogen) atoms. The van der Waals surface area contributed by atoms with E-state index in [1.165, 1.54) is 16.7 Å². The molecule has 12 aromatic rings. The van der Waals surface area contributed by atoms with E-state index in [0.29, 0.717) is 0 Å². The summed E-state index contributed by atoms with van der Waals surface area (Å²) in [7, 11) is 0. The molecule has 408 valence electrons. The number of aromatic nitrogens is 12. The Morgan fingerprint density at radius 2 is 0.705 bits per heavy atom. The van der Waals surface area contributed by atoms with Gasteiger partial charge in [0.05, 0.1) is 56.5 Å². The van der Waals surface area contributed by atoms with Crippen LogP contribution in [0, 0.1) is 41.5 Å². The zero-order valence-electron chi connectivity index (χ0n) is 49.7. The van der Waals surface area contributed by atoms with Gasteiger partial charge in [0.25, 0.3) is 0 Å². The molecular formula is C66H84N12. The minimum Gasteiger partial charge on any atom is -0.264 e. The second kappa shape index (κ2) is 40.6. The molecule has 3 aromatic carbocycles. The third-order valence-electron chi connectivity index (χ3n) is 9.82. The van der Waals surface area contributed by atoms with Gasteiger partial charge in [-0.05, 0) is 143 Å². The summed E-state index contributed by atoms with van der Waals surface area (Å²) < 4.78 is 0. The molecule has 0 unspecified atom stereocenters. The largest absolute Gasteiger partial charge is 0.264 e. The van der Waals surface area contributed by atoms with Gasteiger partial charge in [-0.2, -0.15) is 10.2 Å². The molecule has 12 rings (SSSR count). The highest BCUT2D eigenvalue weighted by atomic mass is 15.1. The SMILES string of the molecule is CC.CC.CC.CC.CC.CC.Cc1ccc2ccncc2n1.Cc1ccc2ccnnc2c1.Cc1ccc2cnccc2n1.Cc1ccc2cncnc2c1.Cc1ccc2ncccc2n1.Cc1ccc2nccnc2c1. The molecular weight excluding hydrogens is 961 g/mol. The zero-order chi connectivity index (χ0) is 58.1. The van der Waals surface area contributed by atoms with Crippen LogP contribution in [0.15, 0.2) is 183 Å². The second-order valence-electron chi connectivity index (χ2n) is 15.3. The molecule has 0 N–H and O–H groups in total. The van der Waals surface area contributed by atoms with E-state index < -0.39 is 0 Å². The first kappa shape index (κ1) is 67.4. The highest BCUT2D eigenvalue weighted by Crippen LogP contribution is 2.14. The number of rotatable bonds is 0. The smallest absolute Gasteiger partial charge is 0.116 e. The molecule has 0 saturated heterocycles. The van der Waals surface area contributed by atoms with Crippen LogP contribution in [0.3, 0.4) is 0 Å². The number of benzene rings is 3. The standard InChI is InChI=1S/6C9H8N2.6C2H6/c1-7-2-3-8-5-10-6-11-9(8)4-7;1-7-2-3-8-6-10-5-4-9(8)11-7;1-7-2-3-8-4-5-10-6-9(8)11-7;1-7-2-3-8-9(6-7)11-5-4-10-8;1-7-2-3-8-4-5-10-11-9(8)6-7;1-7-4-5-8-9(11-7)3-2-6-10-8;6*1-2/h6*2-6H,1H3;6*1-2H3. The number of pyridine rings is 6.